The largest absolute Gasteiger partial charge is 0.490 e. The summed E-state index contributed by atoms with van der Waals surface area (Å²) in [6, 6.07) is 4.51. The van der Waals surface area contributed by atoms with Crippen LogP contribution in [0.3, 0.4) is 0 Å². The van der Waals surface area contributed by atoms with E-state index in [1.165, 1.54) is 19.1 Å². The van der Waals surface area contributed by atoms with Crippen LogP contribution >= 0.6 is 0 Å². The van der Waals surface area contributed by atoms with Crippen molar-refractivity contribution in [3.63, 3.8) is 0 Å². The molecule has 0 fully saturated rings. The van der Waals surface area contributed by atoms with Gasteiger partial charge in [-0.3, -0.25) is 14.9 Å². The van der Waals surface area contributed by atoms with Gasteiger partial charge in [-0.2, -0.15) is 0 Å². The van der Waals surface area contributed by atoms with E-state index in [1.54, 1.807) is 19.9 Å². The van der Waals surface area contributed by atoms with Crippen molar-refractivity contribution in [3.05, 3.63) is 33.9 Å². The van der Waals surface area contributed by atoms with Gasteiger partial charge in [0.25, 0.3) is 5.69 Å². The van der Waals surface area contributed by atoms with Gasteiger partial charge in [-0.05, 0) is 26.8 Å². The normalized spacial score (nSPS) is 15.2. The van der Waals surface area contributed by atoms with Crippen LogP contribution in [0.2, 0.25) is 0 Å². The maximum Gasteiger partial charge on any atom is 0.323 e. The molecule has 0 bridgehead atoms. The predicted molar refractivity (Wildman–Crippen MR) is 72.8 cm³/mol. The van der Waals surface area contributed by atoms with E-state index in [1.807, 2.05) is 0 Å². The Morgan fingerprint density at radius 2 is 2.20 bits per heavy atom. The van der Waals surface area contributed by atoms with E-state index in [9.17, 15) is 14.9 Å². The number of carboxylic acid groups (broad SMARTS) is 1. The number of rotatable bonds is 6. The number of carbonyl (C=O) groups is 1. The first kappa shape index (κ1) is 15.9. The molecule has 0 saturated heterocycles. The van der Waals surface area contributed by atoms with Gasteiger partial charge in [0.1, 0.15) is 11.3 Å². The number of hydrogen-bond donors (Lipinski definition) is 2. The van der Waals surface area contributed by atoms with Gasteiger partial charge in [0.15, 0.2) is 0 Å². The highest BCUT2D eigenvalue weighted by molar-refractivity contribution is 5.77. The molecular weight excluding hydrogens is 264 g/mol. The summed E-state index contributed by atoms with van der Waals surface area (Å²) in [6.07, 6.45) is -0.397. The molecule has 1 aromatic carbocycles. The van der Waals surface area contributed by atoms with E-state index in [0.29, 0.717) is 11.3 Å². The summed E-state index contributed by atoms with van der Waals surface area (Å²) >= 11 is 0. The van der Waals surface area contributed by atoms with Crippen molar-refractivity contribution < 1.29 is 19.6 Å². The summed E-state index contributed by atoms with van der Waals surface area (Å²) in [6.45, 7) is 4.65. The number of hydrogen-bond acceptors (Lipinski definition) is 5. The van der Waals surface area contributed by atoms with Gasteiger partial charge in [-0.25, -0.2) is 0 Å². The maximum atomic E-state index is 10.9. The molecule has 20 heavy (non-hydrogen) atoms. The number of ether oxygens (including phenoxy) is 1. The zero-order valence-corrected chi connectivity index (χ0v) is 11.6. The number of nitro benzene ring substituents is 1. The van der Waals surface area contributed by atoms with Gasteiger partial charge < -0.3 is 15.6 Å². The Kier molecular flexibility index (Phi) is 4.67. The van der Waals surface area contributed by atoms with Gasteiger partial charge in [0.2, 0.25) is 0 Å². The Balaban J connectivity index is 2.87. The molecule has 110 valence electrons. The average molecular weight is 282 g/mol. The molecular formula is C13H18N2O5. The number of carboxylic acids is 1. The highest BCUT2D eigenvalue weighted by atomic mass is 16.6. The monoisotopic (exact) mass is 282 g/mol. The first-order valence-corrected chi connectivity index (χ1v) is 6.08. The summed E-state index contributed by atoms with van der Waals surface area (Å²) in [5.74, 6) is -0.767. The number of aliphatic carboxylic acids is 1. The predicted octanol–water partition coefficient (Wildman–Crippen LogP) is 1.86. The lowest BCUT2D eigenvalue weighted by molar-refractivity contribution is -0.385. The number of nitro groups is 1. The lowest BCUT2D eigenvalue weighted by Gasteiger charge is -2.24. The van der Waals surface area contributed by atoms with Gasteiger partial charge >= 0.3 is 5.97 Å². The molecule has 7 nitrogen and oxygen atoms in total. The Labute approximate surface area is 116 Å². The Hall–Kier alpha value is -2.15. The van der Waals surface area contributed by atoms with Crippen LogP contribution < -0.4 is 10.5 Å². The molecule has 0 radical (unpaired) electrons. The molecule has 0 amide bonds. The van der Waals surface area contributed by atoms with Crippen LogP contribution in [0.5, 0.6) is 5.75 Å². The summed E-state index contributed by atoms with van der Waals surface area (Å²) in [4.78, 5) is 21.3. The minimum Gasteiger partial charge on any atom is -0.490 e. The fourth-order valence-electron chi connectivity index (χ4n) is 1.87. The first-order valence-electron chi connectivity index (χ1n) is 6.08. The molecule has 0 aliphatic rings. The van der Waals surface area contributed by atoms with Crippen LogP contribution in [0, 0.1) is 17.0 Å². The molecule has 1 aromatic rings. The number of nitrogens with zero attached hydrogens (tertiary/aromatic N) is 1. The van der Waals surface area contributed by atoms with E-state index < -0.39 is 22.5 Å². The van der Waals surface area contributed by atoms with Crippen molar-refractivity contribution in [2.45, 2.75) is 38.8 Å². The third-order valence-electron chi connectivity index (χ3n) is 2.98. The van der Waals surface area contributed by atoms with Gasteiger partial charge in [-0.1, -0.05) is 6.07 Å². The van der Waals surface area contributed by atoms with Crippen LogP contribution in [0.4, 0.5) is 5.69 Å². The second-order valence-corrected chi connectivity index (χ2v) is 5.01. The quantitative estimate of drug-likeness (QED) is 0.607. The minimum absolute atomic E-state index is 0.0385. The molecule has 0 aromatic heterocycles. The zero-order chi connectivity index (χ0) is 15.5. The van der Waals surface area contributed by atoms with Gasteiger partial charge in [0.05, 0.1) is 16.6 Å². The molecule has 0 spiro atoms. The highest BCUT2D eigenvalue weighted by Crippen LogP contribution is 2.28. The molecule has 3 N–H and O–H groups in total. The lowest BCUT2D eigenvalue weighted by Crippen LogP contribution is -2.47. The SMILES string of the molecule is Cc1c(OC(C)CC(C)(N)C(=O)O)cccc1[N+](=O)[O-]. The molecule has 0 saturated carbocycles. The highest BCUT2D eigenvalue weighted by Gasteiger charge is 2.31. The van der Waals surface area contributed by atoms with E-state index in [0.717, 1.165) is 0 Å². The van der Waals surface area contributed by atoms with E-state index in [2.05, 4.69) is 0 Å². The Morgan fingerprint density at radius 3 is 2.70 bits per heavy atom. The summed E-state index contributed by atoms with van der Waals surface area (Å²) in [7, 11) is 0. The van der Waals surface area contributed by atoms with Crippen molar-refractivity contribution >= 4 is 11.7 Å². The van der Waals surface area contributed by atoms with E-state index >= 15 is 0 Å². The van der Waals surface area contributed by atoms with Gasteiger partial charge in [-0.15, -0.1) is 0 Å². The third kappa shape index (κ3) is 3.67. The average Bonchev–Trinajstić information content (AvgIpc) is 2.30. The Morgan fingerprint density at radius 1 is 1.60 bits per heavy atom. The fourth-order valence-corrected chi connectivity index (χ4v) is 1.87. The topological polar surface area (TPSA) is 116 Å². The van der Waals surface area contributed by atoms with Crippen molar-refractivity contribution in [2.75, 3.05) is 0 Å². The van der Waals surface area contributed by atoms with Crippen LogP contribution in [0.1, 0.15) is 25.8 Å². The second-order valence-electron chi connectivity index (χ2n) is 5.01. The summed E-state index contributed by atoms with van der Waals surface area (Å²) in [5, 5.41) is 19.8. The van der Waals surface area contributed by atoms with Crippen molar-refractivity contribution in [3.8, 4) is 5.75 Å². The van der Waals surface area contributed by atoms with Crippen LogP contribution in [0.15, 0.2) is 18.2 Å². The number of benzene rings is 1. The lowest BCUT2D eigenvalue weighted by atomic mass is 9.96. The molecule has 0 heterocycles. The summed E-state index contributed by atoms with van der Waals surface area (Å²) < 4.78 is 5.57. The molecule has 2 atom stereocenters. The van der Waals surface area contributed by atoms with Crippen LogP contribution in [-0.2, 0) is 4.79 Å². The second kappa shape index (κ2) is 5.87. The number of nitrogens with two attached hydrogens (primary N) is 1. The molecule has 0 aliphatic heterocycles. The smallest absolute Gasteiger partial charge is 0.323 e. The van der Waals surface area contributed by atoms with E-state index in [-0.39, 0.29) is 12.1 Å². The summed E-state index contributed by atoms with van der Waals surface area (Å²) in [5.41, 5.74) is 4.60. The molecule has 1 rings (SSSR count). The third-order valence-corrected chi connectivity index (χ3v) is 2.98. The van der Waals surface area contributed by atoms with Crippen LogP contribution in [-0.4, -0.2) is 27.6 Å². The van der Waals surface area contributed by atoms with Crippen molar-refractivity contribution in [1.82, 2.24) is 0 Å². The van der Waals surface area contributed by atoms with Crippen molar-refractivity contribution in [1.29, 1.82) is 0 Å². The van der Waals surface area contributed by atoms with Gasteiger partial charge in [0, 0.05) is 12.5 Å². The maximum absolute atomic E-state index is 10.9. The fraction of sp³-hybridized carbons (Fsp3) is 0.462. The van der Waals surface area contributed by atoms with E-state index in [4.69, 9.17) is 15.6 Å². The first-order chi connectivity index (χ1) is 9.15. The molecule has 7 heteroatoms. The zero-order valence-electron chi connectivity index (χ0n) is 11.6. The van der Waals surface area contributed by atoms with Crippen LogP contribution in [0.25, 0.3) is 0 Å². The minimum atomic E-state index is -1.41. The Bertz CT molecular complexity index is 527. The standard InChI is InChI=1S/C13H18N2O5/c1-8(7-13(3,14)12(16)17)20-11-6-4-5-10(9(11)2)15(18)19/h4-6,8H,7,14H2,1-3H3,(H,16,17). The van der Waals surface area contributed by atoms with Crippen molar-refractivity contribution in [2.24, 2.45) is 5.73 Å². The molecule has 2 unspecified atom stereocenters. The molecule has 0 aliphatic carbocycles.